The number of nitrogens with zero attached hydrogens (tertiary/aromatic N) is 1. The molecular formula is C23H21NO5. The third kappa shape index (κ3) is 3.53. The van der Waals surface area contributed by atoms with Crippen LogP contribution in [0.1, 0.15) is 32.6 Å². The Morgan fingerprint density at radius 2 is 1.90 bits per heavy atom. The van der Waals surface area contributed by atoms with Crippen molar-refractivity contribution in [2.45, 2.75) is 26.7 Å². The van der Waals surface area contributed by atoms with Crippen molar-refractivity contribution in [2.75, 3.05) is 18.6 Å². The molecule has 2 heterocycles. The summed E-state index contributed by atoms with van der Waals surface area (Å²) in [6, 6.07) is 9.03. The summed E-state index contributed by atoms with van der Waals surface area (Å²) in [7, 11) is 1.71. The molecule has 0 aliphatic carbocycles. The van der Waals surface area contributed by atoms with E-state index in [9.17, 15) is 14.4 Å². The lowest BCUT2D eigenvalue weighted by Crippen LogP contribution is -2.20. The molecule has 0 spiro atoms. The van der Waals surface area contributed by atoms with Gasteiger partial charge in [0.25, 0.3) is 0 Å². The third-order valence-electron chi connectivity index (χ3n) is 5.45. The molecule has 0 radical (unpaired) electrons. The highest BCUT2D eigenvalue weighted by molar-refractivity contribution is 6.04. The minimum absolute atomic E-state index is 0.00574. The number of amides is 1. The molecule has 0 bridgehead atoms. The molecule has 2 aromatic carbocycles. The van der Waals surface area contributed by atoms with Crippen LogP contribution in [0.15, 0.2) is 41.0 Å². The second-order valence-corrected chi connectivity index (χ2v) is 7.43. The van der Waals surface area contributed by atoms with Crippen molar-refractivity contribution in [1.29, 1.82) is 0 Å². The topological polar surface area (TPSA) is 76.8 Å². The molecule has 6 heteroatoms. The van der Waals surface area contributed by atoms with E-state index in [-0.39, 0.29) is 31.1 Å². The summed E-state index contributed by atoms with van der Waals surface area (Å²) in [5, 5.41) is 0.879. The lowest BCUT2D eigenvalue weighted by Gasteiger charge is -2.10. The van der Waals surface area contributed by atoms with Crippen LogP contribution in [0.2, 0.25) is 0 Å². The Morgan fingerprint density at radius 3 is 2.69 bits per heavy atom. The first-order chi connectivity index (χ1) is 13.8. The number of ketones is 1. The highest BCUT2D eigenvalue weighted by atomic mass is 16.5. The van der Waals surface area contributed by atoms with Crippen LogP contribution in [0, 0.1) is 13.8 Å². The Morgan fingerprint density at radius 1 is 1.14 bits per heavy atom. The molecule has 0 fully saturated rings. The molecule has 1 aliphatic rings. The summed E-state index contributed by atoms with van der Waals surface area (Å²) in [6.45, 7) is 3.67. The first-order valence-corrected chi connectivity index (χ1v) is 9.39. The fraction of sp³-hybridized carbons (Fsp3) is 0.261. The van der Waals surface area contributed by atoms with Crippen LogP contribution in [-0.2, 0) is 27.2 Å². The van der Waals surface area contributed by atoms with Crippen LogP contribution in [0.25, 0.3) is 11.0 Å². The first kappa shape index (κ1) is 18.9. The quantitative estimate of drug-likeness (QED) is 0.491. The van der Waals surface area contributed by atoms with Crippen molar-refractivity contribution in [3.05, 3.63) is 64.4 Å². The average molecular weight is 391 g/mol. The summed E-state index contributed by atoms with van der Waals surface area (Å²) < 4.78 is 10.7. The van der Waals surface area contributed by atoms with Gasteiger partial charge >= 0.3 is 5.97 Å². The van der Waals surface area contributed by atoms with E-state index in [1.165, 1.54) is 0 Å². The lowest BCUT2D eigenvalue weighted by molar-refractivity contribution is -0.141. The fourth-order valence-corrected chi connectivity index (χ4v) is 3.55. The maximum absolute atomic E-state index is 12.4. The van der Waals surface area contributed by atoms with Gasteiger partial charge < -0.3 is 14.1 Å². The van der Waals surface area contributed by atoms with Crippen molar-refractivity contribution in [3.63, 3.8) is 0 Å². The zero-order valence-corrected chi connectivity index (χ0v) is 16.6. The number of esters is 1. The number of rotatable bonds is 5. The zero-order valence-electron chi connectivity index (χ0n) is 16.6. The molecule has 3 aromatic rings. The fourth-order valence-electron chi connectivity index (χ4n) is 3.55. The summed E-state index contributed by atoms with van der Waals surface area (Å²) in [6.07, 6.45) is 1.87. The monoisotopic (exact) mass is 391 g/mol. The number of ether oxygens (including phenoxy) is 1. The van der Waals surface area contributed by atoms with Gasteiger partial charge in [0.05, 0.1) is 19.1 Å². The van der Waals surface area contributed by atoms with Crippen LogP contribution in [0.3, 0.4) is 0 Å². The molecule has 0 N–H and O–H groups in total. The van der Waals surface area contributed by atoms with Crippen molar-refractivity contribution in [1.82, 2.24) is 0 Å². The second-order valence-electron chi connectivity index (χ2n) is 7.43. The number of fused-ring (bicyclic) bond motifs is 2. The number of hydrogen-bond acceptors (Lipinski definition) is 5. The largest absolute Gasteiger partial charge is 0.464 e. The number of likely N-dealkylation sites (N-methyl/N-ethyl adjacent to an activating group) is 1. The summed E-state index contributed by atoms with van der Waals surface area (Å²) in [4.78, 5) is 38.0. The van der Waals surface area contributed by atoms with Gasteiger partial charge in [0.15, 0.2) is 12.4 Å². The molecule has 1 aromatic heterocycles. The van der Waals surface area contributed by atoms with Crippen molar-refractivity contribution in [3.8, 4) is 0 Å². The second kappa shape index (κ2) is 7.20. The lowest BCUT2D eigenvalue weighted by atomic mass is 10.0. The predicted octanol–water partition coefficient (Wildman–Crippen LogP) is 3.54. The van der Waals surface area contributed by atoms with E-state index in [0.29, 0.717) is 5.56 Å². The van der Waals surface area contributed by atoms with Gasteiger partial charge in [-0.2, -0.15) is 0 Å². The van der Waals surface area contributed by atoms with E-state index >= 15 is 0 Å². The predicted molar refractivity (Wildman–Crippen MR) is 108 cm³/mol. The van der Waals surface area contributed by atoms with Gasteiger partial charge in [-0.25, -0.2) is 0 Å². The van der Waals surface area contributed by atoms with Crippen LogP contribution in [0.4, 0.5) is 5.69 Å². The van der Waals surface area contributed by atoms with Gasteiger partial charge in [-0.15, -0.1) is 0 Å². The number of anilines is 1. The highest BCUT2D eigenvalue weighted by Gasteiger charge is 2.25. The smallest absolute Gasteiger partial charge is 0.310 e. The number of furan rings is 1. The first-order valence-electron chi connectivity index (χ1n) is 9.39. The molecule has 0 saturated heterocycles. The molecule has 29 heavy (non-hydrogen) atoms. The van der Waals surface area contributed by atoms with E-state index in [1.807, 2.05) is 26.0 Å². The summed E-state index contributed by atoms with van der Waals surface area (Å²) >= 11 is 0. The molecule has 4 rings (SSSR count). The van der Waals surface area contributed by atoms with Gasteiger partial charge in [-0.05, 0) is 60.9 Å². The molecule has 0 unspecified atom stereocenters. The number of carbonyl (C=O) groups excluding carboxylic acids is 3. The Hall–Kier alpha value is -3.41. The van der Waals surface area contributed by atoms with Crippen LogP contribution < -0.4 is 4.90 Å². The average Bonchev–Trinajstić information content (AvgIpc) is 3.20. The molecule has 6 nitrogen and oxygen atoms in total. The van der Waals surface area contributed by atoms with Crippen molar-refractivity contribution < 1.29 is 23.5 Å². The normalized spacial score (nSPS) is 13.1. The van der Waals surface area contributed by atoms with Gasteiger partial charge in [0, 0.05) is 29.2 Å². The molecule has 0 atom stereocenters. The van der Waals surface area contributed by atoms with Gasteiger partial charge in [-0.1, -0.05) is 0 Å². The SMILES string of the molecule is Cc1cc2occ(CC(=O)OCC(=O)c3ccc4c(c3)CC(=O)N4C)c2cc1C. The van der Waals surface area contributed by atoms with Gasteiger partial charge in [-0.3, -0.25) is 14.4 Å². The highest BCUT2D eigenvalue weighted by Crippen LogP contribution is 2.28. The van der Waals surface area contributed by atoms with Crippen molar-refractivity contribution >= 4 is 34.3 Å². The minimum Gasteiger partial charge on any atom is -0.464 e. The number of aryl methyl sites for hydroxylation is 2. The van der Waals surface area contributed by atoms with Crippen LogP contribution in [-0.4, -0.2) is 31.3 Å². The Kier molecular flexibility index (Phi) is 4.70. The number of carbonyl (C=O) groups is 3. The summed E-state index contributed by atoms with van der Waals surface area (Å²) in [5.41, 5.74) is 5.74. The molecule has 1 amide bonds. The number of Topliss-reactive ketones (excluding diaryl/α,β-unsaturated/α-hetero) is 1. The Balaban J connectivity index is 1.40. The maximum atomic E-state index is 12.4. The van der Waals surface area contributed by atoms with Crippen LogP contribution in [0.5, 0.6) is 0 Å². The van der Waals surface area contributed by atoms with E-state index in [1.54, 1.807) is 36.4 Å². The van der Waals surface area contributed by atoms with Gasteiger partial charge in [0.1, 0.15) is 5.58 Å². The molecular weight excluding hydrogens is 370 g/mol. The van der Waals surface area contributed by atoms with E-state index in [0.717, 1.165) is 38.9 Å². The zero-order chi connectivity index (χ0) is 20.7. The van der Waals surface area contributed by atoms with Gasteiger partial charge in [0.2, 0.25) is 5.91 Å². The third-order valence-corrected chi connectivity index (χ3v) is 5.45. The van der Waals surface area contributed by atoms with E-state index in [4.69, 9.17) is 9.15 Å². The molecule has 1 aliphatic heterocycles. The maximum Gasteiger partial charge on any atom is 0.310 e. The van der Waals surface area contributed by atoms with E-state index in [2.05, 4.69) is 0 Å². The Bertz CT molecular complexity index is 1160. The Labute approximate surface area is 168 Å². The molecule has 148 valence electrons. The minimum atomic E-state index is -0.490. The summed E-state index contributed by atoms with van der Waals surface area (Å²) in [5.74, 6) is -0.796. The standard InChI is InChI=1S/C23H21NO5/c1-13-6-18-17(11-28-21(18)7-14(13)2)10-23(27)29-12-20(25)15-4-5-19-16(8-15)9-22(26)24(19)3/h4-8,11H,9-10,12H2,1-3H3. The van der Waals surface area contributed by atoms with E-state index < -0.39 is 5.97 Å². The number of hydrogen-bond donors (Lipinski definition) is 0. The molecule has 0 saturated carbocycles. The van der Waals surface area contributed by atoms with Crippen molar-refractivity contribution in [2.24, 2.45) is 0 Å². The van der Waals surface area contributed by atoms with Crippen LogP contribution >= 0.6 is 0 Å². The number of benzene rings is 2.